The Balaban J connectivity index is 2.53. The fraction of sp³-hybridized carbons (Fsp3) is 0.143. The lowest BCUT2D eigenvalue weighted by molar-refractivity contribution is 0.548. The molecule has 0 aromatic heterocycles. The van der Waals surface area contributed by atoms with Crippen molar-refractivity contribution in [2.75, 3.05) is 5.73 Å². The van der Waals surface area contributed by atoms with Gasteiger partial charge in [-0.1, -0.05) is 12.1 Å². The zero-order valence-electron chi connectivity index (χ0n) is 6.36. The van der Waals surface area contributed by atoms with Gasteiger partial charge in [-0.15, -0.1) is 0 Å². The minimum absolute atomic E-state index is 0.364. The van der Waals surface area contributed by atoms with Crippen LogP contribution in [0.2, 0.25) is 0 Å². The number of nitrogen functional groups attached to an aromatic ring is 1. The first kappa shape index (κ1) is 9.18. The van der Waals surface area contributed by atoms with Gasteiger partial charge in [-0.3, -0.25) is 4.55 Å². The number of anilines is 1. The summed E-state index contributed by atoms with van der Waals surface area (Å²) in [4.78, 5) is 0. The van der Waals surface area contributed by atoms with Crippen molar-refractivity contribution in [3.05, 3.63) is 29.8 Å². The van der Waals surface area contributed by atoms with Crippen LogP contribution in [-0.2, 0) is 17.8 Å². The number of nitrogens with one attached hydrogen (secondary N) is 1. The predicted molar refractivity (Wildman–Crippen MR) is 48.5 cm³/mol. The zero-order chi connectivity index (χ0) is 8.97. The maximum atomic E-state index is 10.2. The van der Waals surface area contributed by atoms with E-state index in [-0.39, 0.29) is 0 Å². The SMILES string of the molecule is Nc1ccc(CNS(=O)O)cc1. The first-order valence-electron chi connectivity index (χ1n) is 3.37. The summed E-state index contributed by atoms with van der Waals surface area (Å²) in [6.45, 7) is 0.364. The molecule has 1 rings (SSSR count). The average Bonchev–Trinajstić information content (AvgIpc) is 2.03. The number of benzene rings is 1. The second-order valence-electron chi connectivity index (χ2n) is 2.31. The molecule has 0 radical (unpaired) electrons. The lowest BCUT2D eigenvalue weighted by atomic mass is 10.2. The molecule has 0 aliphatic rings. The fourth-order valence-electron chi connectivity index (χ4n) is 0.781. The van der Waals surface area contributed by atoms with E-state index in [1.807, 2.05) is 0 Å². The Morgan fingerprint density at radius 3 is 2.50 bits per heavy atom. The van der Waals surface area contributed by atoms with E-state index in [0.29, 0.717) is 12.2 Å². The summed E-state index contributed by atoms with van der Waals surface area (Å²) in [6.07, 6.45) is 0. The Morgan fingerprint density at radius 2 is 2.00 bits per heavy atom. The molecule has 4 N–H and O–H groups in total. The number of nitrogens with two attached hydrogens (primary N) is 1. The standard InChI is InChI=1S/C7H10N2O2S/c8-7-3-1-6(2-4-7)5-9-12(10)11/h1-4,9H,5,8H2,(H,10,11). The van der Waals surface area contributed by atoms with Gasteiger partial charge in [0.2, 0.25) is 11.3 Å². The third-order valence-corrected chi connectivity index (χ3v) is 1.77. The molecule has 0 amide bonds. The van der Waals surface area contributed by atoms with Gasteiger partial charge in [-0.25, -0.2) is 8.93 Å². The Morgan fingerprint density at radius 1 is 1.42 bits per heavy atom. The molecule has 0 saturated heterocycles. The second-order valence-corrected chi connectivity index (χ2v) is 3.10. The van der Waals surface area contributed by atoms with Gasteiger partial charge in [-0.2, -0.15) is 0 Å². The maximum absolute atomic E-state index is 10.2. The van der Waals surface area contributed by atoms with Crippen molar-refractivity contribution >= 4 is 17.0 Å². The van der Waals surface area contributed by atoms with E-state index in [9.17, 15) is 4.21 Å². The van der Waals surface area contributed by atoms with Crippen molar-refractivity contribution < 1.29 is 8.76 Å². The van der Waals surface area contributed by atoms with Crippen molar-refractivity contribution in [3.8, 4) is 0 Å². The van der Waals surface area contributed by atoms with Gasteiger partial charge < -0.3 is 5.73 Å². The molecule has 1 atom stereocenters. The molecule has 1 aromatic carbocycles. The molecule has 0 fully saturated rings. The molecule has 0 saturated carbocycles. The summed E-state index contributed by atoms with van der Waals surface area (Å²) < 4.78 is 21.0. The summed E-state index contributed by atoms with van der Waals surface area (Å²) >= 11 is -1.95. The molecule has 0 aliphatic heterocycles. The quantitative estimate of drug-likeness (QED) is 0.475. The molecule has 5 heteroatoms. The summed E-state index contributed by atoms with van der Waals surface area (Å²) in [5.74, 6) is 0. The van der Waals surface area contributed by atoms with Gasteiger partial charge in [0.25, 0.3) is 0 Å². The minimum Gasteiger partial charge on any atom is -0.399 e. The molecular formula is C7H10N2O2S. The van der Waals surface area contributed by atoms with Crippen LogP contribution in [0.15, 0.2) is 24.3 Å². The fourth-order valence-corrected chi connectivity index (χ4v) is 1.07. The highest BCUT2D eigenvalue weighted by atomic mass is 32.2. The summed E-state index contributed by atoms with van der Waals surface area (Å²) in [6, 6.07) is 7.10. The van der Waals surface area contributed by atoms with Crippen LogP contribution in [0.3, 0.4) is 0 Å². The van der Waals surface area contributed by atoms with Crippen molar-refractivity contribution in [1.82, 2.24) is 4.72 Å². The van der Waals surface area contributed by atoms with E-state index in [1.165, 1.54) is 0 Å². The normalized spacial score (nSPS) is 12.8. The molecule has 0 bridgehead atoms. The van der Waals surface area contributed by atoms with E-state index in [0.717, 1.165) is 5.56 Å². The third-order valence-electron chi connectivity index (χ3n) is 1.38. The zero-order valence-corrected chi connectivity index (χ0v) is 7.17. The van der Waals surface area contributed by atoms with Crippen LogP contribution in [0.5, 0.6) is 0 Å². The largest absolute Gasteiger partial charge is 0.399 e. The van der Waals surface area contributed by atoms with E-state index >= 15 is 0 Å². The van der Waals surface area contributed by atoms with E-state index in [1.54, 1.807) is 24.3 Å². The maximum Gasteiger partial charge on any atom is 0.232 e. The van der Waals surface area contributed by atoms with Crippen molar-refractivity contribution in [2.24, 2.45) is 0 Å². The van der Waals surface area contributed by atoms with Gasteiger partial charge in [0.15, 0.2) is 0 Å². The Kier molecular flexibility index (Phi) is 3.21. The van der Waals surface area contributed by atoms with Gasteiger partial charge >= 0.3 is 0 Å². The molecule has 12 heavy (non-hydrogen) atoms. The molecule has 1 unspecified atom stereocenters. The van der Waals surface area contributed by atoms with Gasteiger partial charge in [0.1, 0.15) is 0 Å². The first-order valence-corrected chi connectivity index (χ1v) is 4.48. The summed E-state index contributed by atoms with van der Waals surface area (Å²) in [7, 11) is 0. The topological polar surface area (TPSA) is 75.3 Å². The Labute approximate surface area is 73.2 Å². The third kappa shape index (κ3) is 3.00. The highest BCUT2D eigenvalue weighted by Gasteiger charge is 1.94. The second kappa shape index (κ2) is 4.20. The van der Waals surface area contributed by atoms with Crippen molar-refractivity contribution in [3.63, 3.8) is 0 Å². The van der Waals surface area contributed by atoms with Crippen LogP contribution in [0.4, 0.5) is 5.69 Å². The minimum atomic E-state index is -1.95. The van der Waals surface area contributed by atoms with Gasteiger partial charge in [0, 0.05) is 12.2 Å². The molecule has 66 valence electrons. The van der Waals surface area contributed by atoms with Crippen LogP contribution in [0.25, 0.3) is 0 Å². The molecule has 0 spiro atoms. The van der Waals surface area contributed by atoms with Crippen LogP contribution < -0.4 is 10.5 Å². The molecule has 0 aliphatic carbocycles. The molecule has 1 aromatic rings. The summed E-state index contributed by atoms with van der Waals surface area (Å²) in [5.41, 5.74) is 7.06. The summed E-state index contributed by atoms with van der Waals surface area (Å²) in [5, 5.41) is 0. The van der Waals surface area contributed by atoms with Crippen LogP contribution in [0.1, 0.15) is 5.56 Å². The van der Waals surface area contributed by atoms with E-state index in [4.69, 9.17) is 10.3 Å². The van der Waals surface area contributed by atoms with Crippen molar-refractivity contribution in [1.29, 1.82) is 0 Å². The molecule has 0 heterocycles. The smallest absolute Gasteiger partial charge is 0.232 e. The monoisotopic (exact) mass is 186 g/mol. The Hall–Kier alpha value is -0.910. The lowest BCUT2D eigenvalue weighted by Gasteiger charge is -2.00. The van der Waals surface area contributed by atoms with E-state index in [2.05, 4.69) is 4.72 Å². The lowest BCUT2D eigenvalue weighted by Crippen LogP contribution is -2.15. The number of rotatable bonds is 3. The predicted octanol–water partition coefficient (Wildman–Crippen LogP) is 0.495. The average molecular weight is 186 g/mol. The van der Waals surface area contributed by atoms with E-state index < -0.39 is 11.3 Å². The van der Waals surface area contributed by atoms with Crippen LogP contribution in [-0.4, -0.2) is 8.76 Å². The number of hydrogen-bond donors (Lipinski definition) is 3. The van der Waals surface area contributed by atoms with Gasteiger partial charge in [-0.05, 0) is 17.7 Å². The highest BCUT2D eigenvalue weighted by Crippen LogP contribution is 2.04. The van der Waals surface area contributed by atoms with Crippen LogP contribution in [0, 0.1) is 0 Å². The Bertz CT molecular complexity index is 273. The molecular weight excluding hydrogens is 176 g/mol. The van der Waals surface area contributed by atoms with Gasteiger partial charge in [0.05, 0.1) is 0 Å². The highest BCUT2D eigenvalue weighted by molar-refractivity contribution is 7.77. The van der Waals surface area contributed by atoms with Crippen molar-refractivity contribution in [2.45, 2.75) is 6.54 Å². The first-order chi connectivity index (χ1) is 5.68. The number of hydrogen-bond acceptors (Lipinski definition) is 2. The molecule has 4 nitrogen and oxygen atoms in total. The van der Waals surface area contributed by atoms with Crippen LogP contribution >= 0.6 is 0 Å².